The second kappa shape index (κ2) is 6.91. The molecule has 2 heterocycles. The zero-order valence-electron chi connectivity index (χ0n) is 12.5. The zero-order valence-corrected chi connectivity index (χ0v) is 13.2. The summed E-state index contributed by atoms with van der Waals surface area (Å²) in [5, 5.41) is 10.8. The van der Waals surface area contributed by atoms with Crippen molar-refractivity contribution in [3.8, 4) is 0 Å². The van der Waals surface area contributed by atoms with Crippen LogP contribution in [-0.2, 0) is 17.3 Å². The molecular formula is C14H13ClF2N4O3. The van der Waals surface area contributed by atoms with Gasteiger partial charge in [0.1, 0.15) is 17.4 Å². The fraction of sp³-hybridized carbons (Fsp3) is 0.286. The Hall–Kier alpha value is -2.55. The van der Waals surface area contributed by atoms with Gasteiger partial charge in [0.25, 0.3) is 5.56 Å². The lowest BCUT2D eigenvalue weighted by atomic mass is 10.2. The zero-order chi connectivity index (χ0) is 17.9. The first-order valence-electron chi connectivity index (χ1n) is 6.73. The van der Waals surface area contributed by atoms with Gasteiger partial charge in [0.15, 0.2) is 5.82 Å². The molecule has 128 valence electrons. The molecule has 7 nitrogen and oxygen atoms in total. The second-order valence-corrected chi connectivity index (χ2v) is 5.32. The minimum atomic E-state index is -3.35. The second-order valence-electron chi connectivity index (χ2n) is 4.94. The van der Waals surface area contributed by atoms with Gasteiger partial charge < -0.3 is 10.4 Å². The van der Waals surface area contributed by atoms with Crippen LogP contribution in [0.15, 0.2) is 29.2 Å². The van der Waals surface area contributed by atoms with Crippen molar-refractivity contribution in [2.75, 3.05) is 11.9 Å². The van der Waals surface area contributed by atoms with Crippen molar-refractivity contribution in [1.82, 2.24) is 14.5 Å². The maximum atomic E-state index is 14.2. The molecule has 0 aromatic carbocycles. The summed E-state index contributed by atoms with van der Waals surface area (Å²) < 4.78 is 29.0. The summed E-state index contributed by atoms with van der Waals surface area (Å²) in [4.78, 5) is 30.2. The van der Waals surface area contributed by atoms with E-state index in [0.717, 1.165) is 6.20 Å². The third-order valence-corrected chi connectivity index (χ3v) is 3.34. The molecule has 0 fully saturated rings. The predicted molar refractivity (Wildman–Crippen MR) is 82.5 cm³/mol. The Labute approximate surface area is 139 Å². The van der Waals surface area contributed by atoms with Crippen molar-refractivity contribution in [1.29, 1.82) is 0 Å². The highest BCUT2D eigenvalue weighted by Gasteiger charge is 2.33. The number of halogens is 3. The van der Waals surface area contributed by atoms with Gasteiger partial charge >= 0.3 is 11.9 Å². The van der Waals surface area contributed by atoms with E-state index < -0.39 is 42.1 Å². The molecule has 10 heteroatoms. The van der Waals surface area contributed by atoms with Crippen molar-refractivity contribution in [3.05, 3.63) is 51.3 Å². The van der Waals surface area contributed by atoms with Crippen LogP contribution in [0.25, 0.3) is 0 Å². The van der Waals surface area contributed by atoms with Crippen LogP contribution < -0.4 is 10.9 Å². The van der Waals surface area contributed by atoms with E-state index in [1.165, 1.54) is 12.1 Å². The third-order valence-electron chi connectivity index (χ3n) is 3.04. The van der Waals surface area contributed by atoms with Gasteiger partial charge in [-0.05, 0) is 19.1 Å². The Morgan fingerprint density at radius 2 is 2.17 bits per heavy atom. The van der Waals surface area contributed by atoms with Gasteiger partial charge in [-0.15, -0.1) is 0 Å². The van der Waals surface area contributed by atoms with Crippen molar-refractivity contribution in [3.63, 3.8) is 0 Å². The Morgan fingerprint density at radius 1 is 1.46 bits per heavy atom. The van der Waals surface area contributed by atoms with E-state index in [4.69, 9.17) is 16.7 Å². The summed E-state index contributed by atoms with van der Waals surface area (Å²) in [6.07, 6.45) is 1.01. The van der Waals surface area contributed by atoms with E-state index in [9.17, 15) is 18.4 Å². The maximum Gasteiger partial charge on any atom is 0.323 e. The SMILES string of the molecule is Cc1cccc(C(F)(F)CNc2ncc(Cl)n(CC(=O)O)c2=O)n1. The van der Waals surface area contributed by atoms with Gasteiger partial charge in [0.2, 0.25) is 0 Å². The molecule has 2 aromatic heterocycles. The normalized spacial score (nSPS) is 11.3. The Kier molecular flexibility index (Phi) is 5.13. The smallest absolute Gasteiger partial charge is 0.323 e. The highest BCUT2D eigenvalue weighted by Crippen LogP contribution is 2.26. The number of hydrogen-bond donors (Lipinski definition) is 2. The molecule has 0 unspecified atom stereocenters. The summed E-state index contributed by atoms with van der Waals surface area (Å²) in [6.45, 7) is -0.0522. The summed E-state index contributed by atoms with van der Waals surface area (Å²) in [5.74, 6) is -5.07. The fourth-order valence-corrected chi connectivity index (χ4v) is 2.09. The van der Waals surface area contributed by atoms with Crippen LogP contribution in [0.1, 0.15) is 11.4 Å². The largest absolute Gasteiger partial charge is 0.480 e. The number of rotatable bonds is 6. The first kappa shape index (κ1) is 17.8. The summed E-state index contributed by atoms with van der Waals surface area (Å²) >= 11 is 5.70. The lowest BCUT2D eigenvalue weighted by Crippen LogP contribution is -2.32. The van der Waals surface area contributed by atoms with E-state index >= 15 is 0 Å². The van der Waals surface area contributed by atoms with Gasteiger partial charge in [-0.1, -0.05) is 17.7 Å². The van der Waals surface area contributed by atoms with E-state index in [1.807, 2.05) is 0 Å². The lowest BCUT2D eigenvalue weighted by Gasteiger charge is -2.17. The first-order valence-corrected chi connectivity index (χ1v) is 7.11. The van der Waals surface area contributed by atoms with E-state index in [-0.39, 0.29) is 5.15 Å². The number of nitrogens with one attached hydrogen (secondary N) is 1. The third kappa shape index (κ3) is 4.05. The standard InChI is InChI=1S/C14H13ClF2N4O3/c1-8-3-2-4-9(20-8)14(16,17)7-19-12-13(24)21(6-11(22)23)10(15)5-18-12/h2-5H,6-7H2,1H3,(H,18,19)(H,22,23). The number of carboxylic acids is 1. The average Bonchev–Trinajstić information content (AvgIpc) is 2.50. The van der Waals surface area contributed by atoms with Crippen LogP contribution >= 0.6 is 11.6 Å². The minimum absolute atomic E-state index is 0.208. The number of alkyl halides is 2. The molecule has 0 aliphatic carbocycles. The van der Waals surface area contributed by atoms with Gasteiger partial charge in [-0.25, -0.2) is 4.98 Å². The molecular weight excluding hydrogens is 346 g/mol. The molecule has 0 aliphatic rings. The summed E-state index contributed by atoms with van der Waals surface area (Å²) in [5.41, 5.74) is -0.923. The minimum Gasteiger partial charge on any atom is -0.480 e. The summed E-state index contributed by atoms with van der Waals surface area (Å²) in [6, 6.07) is 4.21. The van der Waals surface area contributed by atoms with Crippen molar-refractivity contribution < 1.29 is 18.7 Å². The molecule has 24 heavy (non-hydrogen) atoms. The van der Waals surface area contributed by atoms with Crippen LogP contribution in [0.3, 0.4) is 0 Å². The maximum absolute atomic E-state index is 14.2. The molecule has 0 saturated heterocycles. The first-order chi connectivity index (χ1) is 11.2. The molecule has 0 amide bonds. The van der Waals surface area contributed by atoms with Crippen molar-refractivity contribution >= 4 is 23.4 Å². The molecule has 0 aliphatic heterocycles. The van der Waals surface area contributed by atoms with Crippen LogP contribution in [0.5, 0.6) is 0 Å². The number of pyridine rings is 1. The van der Waals surface area contributed by atoms with E-state index in [0.29, 0.717) is 10.3 Å². The number of anilines is 1. The van der Waals surface area contributed by atoms with Crippen LogP contribution in [0, 0.1) is 6.92 Å². The number of carbonyl (C=O) groups is 1. The number of hydrogen-bond acceptors (Lipinski definition) is 5. The number of aryl methyl sites for hydroxylation is 1. The number of nitrogens with zero attached hydrogens (tertiary/aromatic N) is 3. The van der Waals surface area contributed by atoms with Gasteiger partial charge in [0.05, 0.1) is 12.7 Å². The molecule has 0 spiro atoms. The lowest BCUT2D eigenvalue weighted by molar-refractivity contribution is -0.137. The average molecular weight is 359 g/mol. The van der Waals surface area contributed by atoms with E-state index in [1.54, 1.807) is 13.0 Å². The van der Waals surface area contributed by atoms with Gasteiger partial charge in [-0.3, -0.25) is 19.1 Å². The van der Waals surface area contributed by atoms with Gasteiger partial charge in [0, 0.05) is 5.69 Å². The van der Waals surface area contributed by atoms with Crippen molar-refractivity contribution in [2.24, 2.45) is 0 Å². The van der Waals surface area contributed by atoms with Crippen LogP contribution in [0.2, 0.25) is 5.15 Å². The molecule has 2 N–H and O–H groups in total. The van der Waals surface area contributed by atoms with Crippen LogP contribution in [0.4, 0.5) is 14.6 Å². The Morgan fingerprint density at radius 3 is 2.79 bits per heavy atom. The number of aliphatic carboxylic acids is 1. The Bertz CT molecular complexity index is 826. The molecule has 2 rings (SSSR count). The molecule has 2 aromatic rings. The molecule has 0 atom stereocenters. The number of aromatic nitrogens is 3. The number of carboxylic acid groups (broad SMARTS) is 1. The Balaban J connectivity index is 2.23. The highest BCUT2D eigenvalue weighted by atomic mass is 35.5. The topological polar surface area (TPSA) is 97.1 Å². The monoisotopic (exact) mass is 358 g/mol. The van der Waals surface area contributed by atoms with Crippen molar-refractivity contribution in [2.45, 2.75) is 19.4 Å². The molecule has 0 bridgehead atoms. The van der Waals surface area contributed by atoms with Crippen LogP contribution in [-0.4, -0.2) is 32.2 Å². The molecule has 0 saturated carbocycles. The predicted octanol–water partition coefficient (Wildman–Crippen LogP) is 1.89. The summed E-state index contributed by atoms with van der Waals surface area (Å²) in [7, 11) is 0. The van der Waals surface area contributed by atoms with Gasteiger partial charge in [-0.2, -0.15) is 8.78 Å². The molecule has 0 radical (unpaired) electrons. The van der Waals surface area contributed by atoms with E-state index in [2.05, 4.69) is 15.3 Å². The highest BCUT2D eigenvalue weighted by molar-refractivity contribution is 6.29. The quantitative estimate of drug-likeness (QED) is 0.818. The fourth-order valence-electron chi connectivity index (χ4n) is 1.90.